The molecule has 0 radical (unpaired) electrons. The predicted octanol–water partition coefficient (Wildman–Crippen LogP) is 2.01. The molecular formula is C21H21N9O4. The Morgan fingerprint density at radius 3 is 2.79 bits per heavy atom. The van der Waals surface area contributed by atoms with Crippen LogP contribution in [0.25, 0.3) is 22.9 Å². The minimum absolute atomic E-state index is 0.158. The van der Waals surface area contributed by atoms with Crippen LogP contribution in [0.4, 0.5) is 0 Å². The van der Waals surface area contributed by atoms with Crippen LogP contribution in [0.2, 0.25) is 0 Å². The van der Waals surface area contributed by atoms with Gasteiger partial charge in [0.2, 0.25) is 5.82 Å². The number of nitrogens with zero attached hydrogens (tertiary/aromatic N) is 9. The molecule has 6 heterocycles. The number of rotatable bonds is 6. The molecule has 0 aliphatic carbocycles. The Balaban J connectivity index is 1.27. The minimum Gasteiger partial charge on any atom is -0.491 e. The Labute approximate surface area is 192 Å². The van der Waals surface area contributed by atoms with Gasteiger partial charge in [0.1, 0.15) is 18.2 Å². The fourth-order valence-electron chi connectivity index (χ4n) is 3.97. The third-order valence-electron chi connectivity index (χ3n) is 5.71. The van der Waals surface area contributed by atoms with Crippen molar-refractivity contribution in [2.75, 3.05) is 20.3 Å². The third kappa shape index (κ3) is 3.59. The van der Waals surface area contributed by atoms with Gasteiger partial charge in [-0.2, -0.15) is 4.52 Å². The molecule has 5 aromatic heterocycles. The summed E-state index contributed by atoms with van der Waals surface area (Å²) in [6, 6.07) is 5.34. The molecule has 6 rings (SSSR count). The maximum atomic E-state index is 5.97. The fraction of sp³-hybridized carbons (Fsp3) is 0.381. The Morgan fingerprint density at radius 2 is 2.00 bits per heavy atom. The third-order valence-corrected chi connectivity index (χ3v) is 5.71. The second kappa shape index (κ2) is 8.33. The highest BCUT2D eigenvalue weighted by Gasteiger charge is 2.22. The quantitative estimate of drug-likeness (QED) is 0.365. The van der Waals surface area contributed by atoms with Crippen LogP contribution in [-0.2, 0) is 11.3 Å². The lowest BCUT2D eigenvalue weighted by Crippen LogP contribution is -2.16. The topological polar surface area (TPSA) is 140 Å². The normalized spacial score (nSPS) is 14.8. The van der Waals surface area contributed by atoms with E-state index >= 15 is 0 Å². The van der Waals surface area contributed by atoms with E-state index in [0.717, 1.165) is 31.9 Å². The van der Waals surface area contributed by atoms with Crippen molar-refractivity contribution in [2.45, 2.75) is 32.3 Å². The van der Waals surface area contributed by atoms with E-state index in [1.807, 2.05) is 16.7 Å². The van der Waals surface area contributed by atoms with E-state index in [9.17, 15) is 0 Å². The molecular weight excluding hydrogens is 442 g/mol. The number of methoxy groups -OCH3 is 1. The summed E-state index contributed by atoms with van der Waals surface area (Å²) in [5.41, 5.74) is 1.69. The van der Waals surface area contributed by atoms with Gasteiger partial charge in [0.15, 0.2) is 17.1 Å². The van der Waals surface area contributed by atoms with Crippen molar-refractivity contribution in [1.82, 2.24) is 44.6 Å². The molecule has 13 nitrogen and oxygen atoms in total. The summed E-state index contributed by atoms with van der Waals surface area (Å²) in [6.45, 7) is 3.44. The first-order valence-electron chi connectivity index (χ1n) is 10.8. The first kappa shape index (κ1) is 20.5. The first-order valence-corrected chi connectivity index (χ1v) is 10.8. The number of hydrogen-bond acceptors (Lipinski definition) is 11. The smallest absolute Gasteiger partial charge is 0.275 e. The maximum absolute atomic E-state index is 5.97. The standard InChI is InChI=1S/C21H21N9O4/c1-12-9-15(28-34-12)19-25-23-17-10-16(31-2)20(27-30(17)19)33-11-14-3-6-29-18(24-26-21(29)22-14)13-4-7-32-8-5-13/h3,6,9-10,13H,4-5,7-8,11H2,1-2H3. The molecule has 34 heavy (non-hydrogen) atoms. The summed E-state index contributed by atoms with van der Waals surface area (Å²) in [7, 11) is 1.54. The molecule has 1 fully saturated rings. The second-order valence-corrected chi connectivity index (χ2v) is 7.96. The molecule has 0 saturated carbocycles. The van der Waals surface area contributed by atoms with Crippen molar-refractivity contribution in [3.8, 4) is 23.1 Å². The summed E-state index contributed by atoms with van der Waals surface area (Å²) in [6.07, 6.45) is 3.78. The van der Waals surface area contributed by atoms with Crippen LogP contribution in [0.15, 0.2) is 28.9 Å². The molecule has 0 atom stereocenters. The SMILES string of the molecule is COc1cc2nnc(-c3cc(C)on3)n2nc1OCc1ccn2c(C3CCOCC3)nnc2n1. The van der Waals surface area contributed by atoms with E-state index in [0.29, 0.717) is 46.1 Å². The highest BCUT2D eigenvalue weighted by atomic mass is 16.5. The van der Waals surface area contributed by atoms with Crippen molar-refractivity contribution in [3.63, 3.8) is 0 Å². The molecule has 0 spiro atoms. The van der Waals surface area contributed by atoms with Crippen molar-refractivity contribution in [2.24, 2.45) is 0 Å². The largest absolute Gasteiger partial charge is 0.491 e. The summed E-state index contributed by atoms with van der Waals surface area (Å²) in [5.74, 6) is 3.54. The van der Waals surface area contributed by atoms with Gasteiger partial charge in [-0.1, -0.05) is 5.16 Å². The van der Waals surface area contributed by atoms with Crippen molar-refractivity contribution in [1.29, 1.82) is 0 Å². The van der Waals surface area contributed by atoms with Gasteiger partial charge < -0.3 is 18.7 Å². The van der Waals surface area contributed by atoms with Gasteiger partial charge in [0, 0.05) is 37.5 Å². The van der Waals surface area contributed by atoms with Crippen LogP contribution in [0, 0.1) is 6.92 Å². The minimum atomic E-state index is 0.158. The molecule has 1 aliphatic heterocycles. The number of fused-ring (bicyclic) bond motifs is 2. The van der Waals surface area contributed by atoms with E-state index in [1.165, 1.54) is 11.6 Å². The van der Waals surface area contributed by atoms with Gasteiger partial charge in [-0.3, -0.25) is 4.40 Å². The summed E-state index contributed by atoms with van der Waals surface area (Å²) in [5, 5.41) is 25.4. The number of aromatic nitrogens is 9. The molecule has 5 aromatic rings. The Bertz CT molecular complexity index is 1470. The zero-order valence-corrected chi connectivity index (χ0v) is 18.6. The van der Waals surface area contributed by atoms with Crippen LogP contribution in [0.3, 0.4) is 0 Å². The molecule has 0 amide bonds. The highest BCUT2D eigenvalue weighted by Crippen LogP contribution is 2.28. The molecule has 0 bridgehead atoms. The van der Waals surface area contributed by atoms with Crippen molar-refractivity contribution >= 4 is 11.4 Å². The van der Waals surface area contributed by atoms with Crippen LogP contribution >= 0.6 is 0 Å². The van der Waals surface area contributed by atoms with Crippen LogP contribution < -0.4 is 9.47 Å². The molecule has 1 saturated heterocycles. The van der Waals surface area contributed by atoms with Crippen molar-refractivity contribution < 1.29 is 18.7 Å². The lowest BCUT2D eigenvalue weighted by molar-refractivity contribution is 0.0834. The van der Waals surface area contributed by atoms with Crippen LogP contribution in [0.5, 0.6) is 11.6 Å². The summed E-state index contributed by atoms with van der Waals surface area (Å²) < 4.78 is 25.5. The van der Waals surface area contributed by atoms with Crippen molar-refractivity contribution in [3.05, 3.63) is 41.7 Å². The van der Waals surface area contributed by atoms with E-state index in [2.05, 4.69) is 35.6 Å². The molecule has 1 aliphatic rings. The predicted molar refractivity (Wildman–Crippen MR) is 115 cm³/mol. The van der Waals surface area contributed by atoms with E-state index in [1.54, 1.807) is 19.1 Å². The van der Waals surface area contributed by atoms with E-state index < -0.39 is 0 Å². The average molecular weight is 463 g/mol. The lowest BCUT2D eigenvalue weighted by atomic mass is 10.00. The molecule has 13 heteroatoms. The van der Waals surface area contributed by atoms with E-state index in [-0.39, 0.29) is 12.5 Å². The van der Waals surface area contributed by atoms with Gasteiger partial charge in [0.25, 0.3) is 11.7 Å². The molecule has 174 valence electrons. The zero-order chi connectivity index (χ0) is 23.1. The zero-order valence-electron chi connectivity index (χ0n) is 18.6. The maximum Gasteiger partial charge on any atom is 0.275 e. The Kier molecular flexibility index (Phi) is 5.02. The summed E-state index contributed by atoms with van der Waals surface area (Å²) >= 11 is 0. The fourth-order valence-corrected chi connectivity index (χ4v) is 3.97. The van der Waals surface area contributed by atoms with Gasteiger partial charge >= 0.3 is 0 Å². The number of aryl methyl sites for hydroxylation is 1. The first-order chi connectivity index (χ1) is 16.7. The van der Waals surface area contributed by atoms with Gasteiger partial charge in [0.05, 0.1) is 12.8 Å². The average Bonchev–Trinajstić information content (AvgIpc) is 3.60. The number of ether oxygens (including phenoxy) is 3. The Morgan fingerprint density at radius 1 is 1.12 bits per heavy atom. The molecule has 0 aromatic carbocycles. The van der Waals surface area contributed by atoms with E-state index in [4.69, 9.17) is 18.7 Å². The second-order valence-electron chi connectivity index (χ2n) is 7.96. The summed E-state index contributed by atoms with van der Waals surface area (Å²) in [4.78, 5) is 4.59. The van der Waals surface area contributed by atoms with Gasteiger partial charge in [-0.15, -0.1) is 25.5 Å². The Hall–Kier alpha value is -4.13. The van der Waals surface area contributed by atoms with Gasteiger partial charge in [-0.05, 0) is 25.8 Å². The molecule has 0 N–H and O–H groups in total. The highest BCUT2D eigenvalue weighted by molar-refractivity contribution is 5.56. The monoisotopic (exact) mass is 463 g/mol. The molecule has 0 unspecified atom stereocenters. The van der Waals surface area contributed by atoms with Crippen LogP contribution in [0.1, 0.15) is 36.0 Å². The number of hydrogen-bond donors (Lipinski definition) is 0. The lowest BCUT2D eigenvalue weighted by Gasteiger charge is -2.20. The van der Waals surface area contributed by atoms with Gasteiger partial charge in [-0.25, -0.2) is 4.98 Å². The van der Waals surface area contributed by atoms with Crippen LogP contribution in [-0.4, -0.2) is 64.9 Å².